The number of hydrogen-bond donors (Lipinski definition) is 16. The largest absolute Gasteiger partial charge is 0.394 e. The Labute approximate surface area is 342 Å². The van der Waals surface area contributed by atoms with Gasteiger partial charge in [0.2, 0.25) is 11.8 Å². The van der Waals surface area contributed by atoms with Gasteiger partial charge in [0.1, 0.15) is 104 Å². The van der Waals surface area contributed by atoms with Gasteiger partial charge in [0.05, 0.1) is 44.7 Å². The maximum absolute atomic E-state index is 12.7. The minimum atomic E-state index is -2.07. The molecule has 0 aromatic heterocycles. The fourth-order valence-electron chi connectivity index (χ4n) is 7.19. The highest BCUT2D eigenvalue weighted by Crippen LogP contribution is 2.36. The highest BCUT2D eigenvalue weighted by molar-refractivity contribution is 5.73. The standard InChI is InChI=1S/C34H60N2O24/c1-9-18(43)23(48)26(51)32(54-9)59-29-17(36-12(4)41)31(53-8-14(42)21(46)20(45)13(5-37)35-11(3)40)57-16(7-39)28(29)58-34-30(25(50)22(47)15(6-38)56-34)60-33-27(52)24(49)19(44)10(2)55-33/h9-10,13-34,37-39,42-52H,5-8H2,1-4H3,(H,35,40)(H,36,41)/t9-,10-,13-,14+,15+,16+,17+,18+,19+,20+,21-,22-,23+,24+,25-,26-,27-,28+,29+,30+,31+,32-,33-,34-/m0/s1. The van der Waals surface area contributed by atoms with Gasteiger partial charge in [-0.15, -0.1) is 0 Å². The third-order valence-corrected chi connectivity index (χ3v) is 10.7. The van der Waals surface area contributed by atoms with Crippen LogP contribution in [0.25, 0.3) is 0 Å². The van der Waals surface area contributed by atoms with Gasteiger partial charge in [-0.3, -0.25) is 9.59 Å². The van der Waals surface area contributed by atoms with Gasteiger partial charge < -0.3 is 120 Å². The molecule has 16 N–H and O–H groups in total. The molecule has 0 aromatic rings. The van der Waals surface area contributed by atoms with Crippen LogP contribution in [0.1, 0.15) is 27.7 Å². The Balaban J connectivity index is 1.71. The van der Waals surface area contributed by atoms with E-state index in [1.165, 1.54) is 13.8 Å². The average molecular weight is 881 g/mol. The van der Waals surface area contributed by atoms with Crippen molar-refractivity contribution in [3.8, 4) is 0 Å². The normalized spacial score (nSPS) is 44.6. The number of nitrogens with one attached hydrogen (secondary N) is 2. The van der Waals surface area contributed by atoms with E-state index in [1.54, 1.807) is 0 Å². The maximum atomic E-state index is 12.7. The summed E-state index contributed by atoms with van der Waals surface area (Å²) in [6, 6.07) is -3.08. The van der Waals surface area contributed by atoms with Crippen molar-refractivity contribution in [3.63, 3.8) is 0 Å². The first-order valence-corrected chi connectivity index (χ1v) is 19.2. The number of hydrogen-bond acceptors (Lipinski definition) is 24. The van der Waals surface area contributed by atoms with Crippen LogP contribution in [-0.4, -0.2) is 257 Å². The van der Waals surface area contributed by atoms with Crippen molar-refractivity contribution in [1.29, 1.82) is 0 Å². The van der Waals surface area contributed by atoms with Crippen LogP contribution in [0, 0.1) is 0 Å². The van der Waals surface area contributed by atoms with Crippen LogP contribution in [0.4, 0.5) is 0 Å². The zero-order chi connectivity index (χ0) is 44.9. The number of ether oxygens (including phenoxy) is 8. The number of amides is 2. The maximum Gasteiger partial charge on any atom is 0.217 e. The predicted octanol–water partition coefficient (Wildman–Crippen LogP) is -9.95. The molecular formula is C34H60N2O24. The van der Waals surface area contributed by atoms with Crippen molar-refractivity contribution in [2.24, 2.45) is 0 Å². The lowest BCUT2D eigenvalue weighted by atomic mass is 9.94. The minimum Gasteiger partial charge on any atom is -0.394 e. The van der Waals surface area contributed by atoms with E-state index in [0.717, 1.165) is 13.8 Å². The molecule has 0 aliphatic carbocycles. The van der Waals surface area contributed by atoms with Gasteiger partial charge in [0.15, 0.2) is 25.2 Å². The molecule has 4 fully saturated rings. The Morgan fingerprint density at radius 2 is 1.07 bits per heavy atom. The van der Waals surface area contributed by atoms with Crippen LogP contribution in [0.5, 0.6) is 0 Å². The Bertz CT molecular complexity index is 1360. The summed E-state index contributed by atoms with van der Waals surface area (Å²) in [4.78, 5) is 24.2. The molecule has 4 heterocycles. The van der Waals surface area contributed by atoms with Crippen molar-refractivity contribution in [2.45, 2.75) is 175 Å². The average Bonchev–Trinajstić information content (AvgIpc) is 3.21. The lowest BCUT2D eigenvalue weighted by Gasteiger charge is -2.51. The summed E-state index contributed by atoms with van der Waals surface area (Å²) in [5.74, 6) is -1.48. The fourth-order valence-corrected chi connectivity index (χ4v) is 7.19. The molecule has 0 aromatic carbocycles. The molecule has 4 saturated heterocycles. The second kappa shape index (κ2) is 22.1. The van der Waals surface area contributed by atoms with Gasteiger partial charge in [-0.05, 0) is 13.8 Å². The smallest absolute Gasteiger partial charge is 0.217 e. The summed E-state index contributed by atoms with van der Waals surface area (Å²) in [6.45, 7) is 1.11. The lowest BCUT2D eigenvalue weighted by molar-refractivity contribution is -0.393. The highest BCUT2D eigenvalue weighted by Gasteiger charge is 2.56. The van der Waals surface area contributed by atoms with Crippen LogP contribution in [0.2, 0.25) is 0 Å². The molecule has 0 saturated carbocycles. The third kappa shape index (κ3) is 11.6. The molecule has 60 heavy (non-hydrogen) atoms. The summed E-state index contributed by atoms with van der Waals surface area (Å²) in [5.41, 5.74) is 0. The van der Waals surface area contributed by atoms with Gasteiger partial charge >= 0.3 is 0 Å². The number of carbonyl (C=O) groups excluding carboxylic acids is 2. The molecule has 0 spiro atoms. The Morgan fingerprint density at radius 3 is 1.55 bits per heavy atom. The SMILES string of the molecule is CC(=O)N[C@H]1[C@H](OC[C@@H](O)[C@H](O)[C@H](O)[C@H](CO)NC(C)=O)O[C@H](CO)[C@@H](O[C@@H]2O[C@H](CO)[C@H](O)[C@H](O)[C@H]2O[C@@H]2O[C@@H](C)[C@@H](O)[C@@H](O)[C@@H]2O)[C@@H]1O[C@@H]1O[C@@H](C)[C@@H](O)[C@@H](O)[C@@H]1O. The molecule has 26 heteroatoms. The van der Waals surface area contributed by atoms with Crippen LogP contribution < -0.4 is 10.6 Å². The first-order chi connectivity index (χ1) is 28.2. The molecule has 4 rings (SSSR count). The Hall–Kier alpha value is -1.94. The molecular weight excluding hydrogens is 820 g/mol. The van der Waals surface area contributed by atoms with Crippen LogP contribution in [0.15, 0.2) is 0 Å². The summed E-state index contributed by atoms with van der Waals surface area (Å²) < 4.78 is 46.7. The fraction of sp³-hybridized carbons (Fsp3) is 0.941. The first-order valence-electron chi connectivity index (χ1n) is 19.2. The molecule has 4 aliphatic rings. The molecule has 26 nitrogen and oxygen atoms in total. The number of carbonyl (C=O) groups is 2. The van der Waals surface area contributed by atoms with E-state index in [2.05, 4.69) is 10.6 Å². The van der Waals surface area contributed by atoms with Crippen molar-refractivity contribution < 1.29 is 119 Å². The van der Waals surface area contributed by atoms with Crippen molar-refractivity contribution in [2.75, 3.05) is 26.4 Å². The van der Waals surface area contributed by atoms with Gasteiger partial charge in [-0.2, -0.15) is 0 Å². The Kier molecular flexibility index (Phi) is 18.7. The van der Waals surface area contributed by atoms with E-state index in [-0.39, 0.29) is 0 Å². The van der Waals surface area contributed by atoms with E-state index in [4.69, 9.17) is 37.9 Å². The molecule has 0 bridgehead atoms. The zero-order valence-corrected chi connectivity index (χ0v) is 33.0. The summed E-state index contributed by atoms with van der Waals surface area (Å²) in [6.07, 6.45) is -39.2. The molecule has 0 radical (unpaired) electrons. The second-order valence-corrected chi connectivity index (χ2v) is 15.2. The van der Waals surface area contributed by atoms with E-state index in [1.807, 2.05) is 0 Å². The second-order valence-electron chi connectivity index (χ2n) is 15.2. The van der Waals surface area contributed by atoms with Crippen LogP contribution in [-0.2, 0) is 47.5 Å². The molecule has 4 aliphatic heterocycles. The van der Waals surface area contributed by atoms with Crippen molar-refractivity contribution in [3.05, 3.63) is 0 Å². The monoisotopic (exact) mass is 880 g/mol. The van der Waals surface area contributed by atoms with Crippen molar-refractivity contribution in [1.82, 2.24) is 10.6 Å². The molecule has 24 atom stereocenters. The predicted molar refractivity (Wildman–Crippen MR) is 189 cm³/mol. The Morgan fingerprint density at radius 1 is 0.567 bits per heavy atom. The van der Waals surface area contributed by atoms with Gasteiger partial charge in [-0.1, -0.05) is 0 Å². The minimum absolute atomic E-state index is 0.677. The summed E-state index contributed by atoms with van der Waals surface area (Å²) in [7, 11) is 0. The van der Waals surface area contributed by atoms with Crippen LogP contribution >= 0.6 is 0 Å². The molecule has 0 unspecified atom stereocenters. The quantitative estimate of drug-likeness (QED) is 0.0645. The van der Waals surface area contributed by atoms with E-state index >= 15 is 0 Å². The number of aliphatic hydroxyl groups excluding tert-OH is 14. The van der Waals surface area contributed by atoms with E-state index in [9.17, 15) is 81.1 Å². The topological polar surface area (TPSA) is 415 Å². The molecule has 350 valence electrons. The summed E-state index contributed by atoms with van der Waals surface area (Å²) in [5, 5.41) is 152. The van der Waals surface area contributed by atoms with Crippen molar-refractivity contribution >= 4 is 11.8 Å². The van der Waals surface area contributed by atoms with Gasteiger partial charge in [0.25, 0.3) is 0 Å². The number of rotatable bonds is 17. The van der Waals surface area contributed by atoms with Gasteiger partial charge in [0, 0.05) is 13.8 Å². The lowest BCUT2D eigenvalue weighted by Crippen LogP contribution is -2.70. The van der Waals surface area contributed by atoms with Gasteiger partial charge in [-0.25, -0.2) is 0 Å². The number of aliphatic hydroxyl groups is 14. The highest BCUT2D eigenvalue weighted by atomic mass is 16.8. The molecule has 2 amide bonds. The zero-order valence-electron chi connectivity index (χ0n) is 33.0. The summed E-state index contributed by atoms with van der Waals surface area (Å²) >= 11 is 0. The van der Waals surface area contributed by atoms with Crippen LogP contribution in [0.3, 0.4) is 0 Å². The van der Waals surface area contributed by atoms with E-state index < -0.39 is 185 Å². The first kappa shape index (κ1) is 50.7. The third-order valence-electron chi connectivity index (χ3n) is 10.7. The van der Waals surface area contributed by atoms with E-state index in [0.29, 0.717) is 0 Å².